The summed E-state index contributed by atoms with van der Waals surface area (Å²) in [5.41, 5.74) is 4.38. The van der Waals surface area contributed by atoms with Gasteiger partial charge in [0.15, 0.2) is 0 Å². The first-order chi connectivity index (χ1) is 6.75. The summed E-state index contributed by atoms with van der Waals surface area (Å²) in [4.78, 5) is 8.43. The van der Waals surface area contributed by atoms with E-state index in [1.807, 2.05) is 38.4 Å². The maximum absolute atomic E-state index is 4.26. The predicted octanol–water partition coefficient (Wildman–Crippen LogP) is 2.76. The van der Waals surface area contributed by atoms with E-state index in [0.717, 1.165) is 17.0 Å². The van der Waals surface area contributed by atoms with E-state index in [1.165, 1.54) is 5.56 Å². The van der Waals surface area contributed by atoms with Crippen molar-refractivity contribution >= 4 is 0 Å². The van der Waals surface area contributed by atoms with Crippen molar-refractivity contribution in [1.29, 1.82) is 0 Å². The second-order valence-electron chi connectivity index (χ2n) is 3.37. The summed E-state index contributed by atoms with van der Waals surface area (Å²) in [7, 11) is 0. The van der Waals surface area contributed by atoms with Crippen LogP contribution in [0.1, 0.15) is 11.4 Å². The number of hydrogen-bond donors (Lipinski definition) is 0. The molecule has 2 heteroatoms. The van der Waals surface area contributed by atoms with Crippen molar-refractivity contribution in [1.82, 2.24) is 9.97 Å². The molecule has 0 aliphatic rings. The Kier molecular flexibility index (Phi) is 2.27. The van der Waals surface area contributed by atoms with Crippen molar-refractivity contribution in [2.24, 2.45) is 0 Å². The van der Waals surface area contributed by atoms with E-state index in [4.69, 9.17) is 0 Å². The van der Waals surface area contributed by atoms with Gasteiger partial charge in [0, 0.05) is 29.3 Å². The van der Waals surface area contributed by atoms with Crippen LogP contribution >= 0.6 is 0 Å². The molecule has 70 valence electrons. The van der Waals surface area contributed by atoms with E-state index in [0.29, 0.717) is 0 Å². The molecule has 2 nitrogen and oxygen atoms in total. The van der Waals surface area contributed by atoms with Gasteiger partial charge in [-0.2, -0.15) is 0 Å². The topological polar surface area (TPSA) is 25.8 Å². The minimum Gasteiger partial charge on any atom is -0.262 e. The molecule has 0 N–H and O–H groups in total. The predicted molar refractivity (Wildman–Crippen MR) is 56.9 cm³/mol. The van der Waals surface area contributed by atoms with Gasteiger partial charge in [0.25, 0.3) is 0 Å². The Morgan fingerprint density at radius 2 is 1.71 bits per heavy atom. The molecule has 2 aromatic rings. The Balaban J connectivity index is 2.44. The molecule has 14 heavy (non-hydrogen) atoms. The van der Waals surface area contributed by atoms with E-state index in [1.54, 1.807) is 0 Å². The molecule has 2 heterocycles. The summed E-state index contributed by atoms with van der Waals surface area (Å²) in [6.45, 7) is 3.98. The fourth-order valence-corrected chi connectivity index (χ4v) is 1.36. The molecule has 0 aliphatic heterocycles. The van der Waals surface area contributed by atoms with Crippen molar-refractivity contribution in [3.8, 4) is 11.1 Å². The van der Waals surface area contributed by atoms with Gasteiger partial charge in [0.1, 0.15) is 0 Å². The highest BCUT2D eigenvalue weighted by Crippen LogP contribution is 2.18. The number of nitrogens with zero attached hydrogens (tertiary/aromatic N) is 2. The summed E-state index contributed by atoms with van der Waals surface area (Å²) in [5, 5.41) is 0. The zero-order valence-electron chi connectivity index (χ0n) is 8.36. The number of pyridine rings is 2. The van der Waals surface area contributed by atoms with Crippen molar-refractivity contribution in [3.63, 3.8) is 0 Å². The lowest BCUT2D eigenvalue weighted by molar-refractivity contribution is 1.18. The summed E-state index contributed by atoms with van der Waals surface area (Å²) >= 11 is 0. The van der Waals surface area contributed by atoms with Crippen LogP contribution in [-0.4, -0.2) is 9.97 Å². The third-order valence-electron chi connectivity index (χ3n) is 2.14. The van der Waals surface area contributed by atoms with Gasteiger partial charge >= 0.3 is 0 Å². The SMILES string of the molecule is Cc1ccc(-c2ccnc(C)c2)cn1. The van der Waals surface area contributed by atoms with Crippen molar-refractivity contribution < 1.29 is 0 Å². The Hall–Kier alpha value is -1.70. The molecular formula is C12H12N2. The highest BCUT2D eigenvalue weighted by Gasteiger charge is 1.97. The lowest BCUT2D eigenvalue weighted by Gasteiger charge is -2.01. The van der Waals surface area contributed by atoms with Crippen molar-refractivity contribution in [2.45, 2.75) is 13.8 Å². The summed E-state index contributed by atoms with van der Waals surface area (Å²) in [5.74, 6) is 0. The van der Waals surface area contributed by atoms with Crippen LogP contribution in [0.25, 0.3) is 11.1 Å². The lowest BCUT2D eigenvalue weighted by Crippen LogP contribution is -1.85. The molecule has 2 rings (SSSR count). The molecule has 0 amide bonds. The third-order valence-corrected chi connectivity index (χ3v) is 2.14. The van der Waals surface area contributed by atoms with Gasteiger partial charge in [0.05, 0.1) is 0 Å². The monoisotopic (exact) mass is 184 g/mol. The maximum Gasteiger partial charge on any atom is 0.0378 e. The number of aromatic nitrogens is 2. The molecule has 0 aromatic carbocycles. The van der Waals surface area contributed by atoms with Crippen LogP contribution in [0.2, 0.25) is 0 Å². The summed E-state index contributed by atoms with van der Waals surface area (Å²) in [6.07, 6.45) is 3.72. The van der Waals surface area contributed by atoms with E-state index < -0.39 is 0 Å². The van der Waals surface area contributed by atoms with Gasteiger partial charge in [-0.15, -0.1) is 0 Å². The smallest absolute Gasteiger partial charge is 0.0378 e. The number of hydrogen-bond acceptors (Lipinski definition) is 2. The maximum atomic E-state index is 4.26. The van der Waals surface area contributed by atoms with Gasteiger partial charge in [-0.1, -0.05) is 6.07 Å². The van der Waals surface area contributed by atoms with Crippen LogP contribution in [0, 0.1) is 13.8 Å². The molecule has 0 unspecified atom stereocenters. The van der Waals surface area contributed by atoms with Gasteiger partial charge < -0.3 is 0 Å². The van der Waals surface area contributed by atoms with Crippen LogP contribution in [-0.2, 0) is 0 Å². The first-order valence-corrected chi connectivity index (χ1v) is 4.61. The molecule has 0 bridgehead atoms. The summed E-state index contributed by atoms with van der Waals surface area (Å²) in [6, 6.07) is 8.16. The quantitative estimate of drug-likeness (QED) is 0.681. The van der Waals surface area contributed by atoms with Gasteiger partial charge in [0.2, 0.25) is 0 Å². The second-order valence-corrected chi connectivity index (χ2v) is 3.37. The second kappa shape index (κ2) is 3.58. The fraction of sp³-hybridized carbons (Fsp3) is 0.167. The first-order valence-electron chi connectivity index (χ1n) is 4.61. The molecule has 0 saturated carbocycles. The molecule has 0 saturated heterocycles. The van der Waals surface area contributed by atoms with Crippen molar-refractivity contribution in [3.05, 3.63) is 48.0 Å². The average molecular weight is 184 g/mol. The zero-order chi connectivity index (χ0) is 9.97. The standard InChI is InChI=1S/C12H12N2/c1-9-3-4-12(8-14-9)11-5-6-13-10(2)7-11/h3-8H,1-2H3. The van der Waals surface area contributed by atoms with E-state index >= 15 is 0 Å². The Labute approximate surface area is 83.7 Å². The zero-order valence-corrected chi connectivity index (χ0v) is 8.36. The fourth-order valence-electron chi connectivity index (χ4n) is 1.36. The molecular weight excluding hydrogens is 172 g/mol. The number of aryl methyl sites for hydroxylation is 2. The van der Waals surface area contributed by atoms with E-state index in [2.05, 4.69) is 22.1 Å². The number of rotatable bonds is 1. The first kappa shape index (κ1) is 8.88. The van der Waals surface area contributed by atoms with E-state index in [-0.39, 0.29) is 0 Å². The molecule has 0 spiro atoms. The van der Waals surface area contributed by atoms with Crippen LogP contribution in [0.5, 0.6) is 0 Å². The Morgan fingerprint density at radius 3 is 2.36 bits per heavy atom. The molecule has 2 aromatic heterocycles. The van der Waals surface area contributed by atoms with Crippen molar-refractivity contribution in [2.75, 3.05) is 0 Å². The molecule has 0 fully saturated rings. The van der Waals surface area contributed by atoms with Gasteiger partial charge in [-0.25, -0.2) is 0 Å². The minimum absolute atomic E-state index is 1.03. The Morgan fingerprint density at radius 1 is 0.857 bits per heavy atom. The molecule has 0 aliphatic carbocycles. The van der Waals surface area contributed by atoms with Gasteiger partial charge in [-0.05, 0) is 37.6 Å². The third kappa shape index (κ3) is 1.79. The lowest BCUT2D eigenvalue weighted by atomic mass is 10.1. The van der Waals surface area contributed by atoms with E-state index in [9.17, 15) is 0 Å². The normalized spacial score (nSPS) is 10.1. The van der Waals surface area contributed by atoms with Gasteiger partial charge in [-0.3, -0.25) is 9.97 Å². The van der Waals surface area contributed by atoms with Crippen LogP contribution in [0.15, 0.2) is 36.7 Å². The highest BCUT2D eigenvalue weighted by molar-refractivity contribution is 5.62. The van der Waals surface area contributed by atoms with Crippen LogP contribution in [0.4, 0.5) is 0 Å². The average Bonchev–Trinajstić information content (AvgIpc) is 2.19. The molecule has 0 atom stereocenters. The largest absolute Gasteiger partial charge is 0.262 e. The summed E-state index contributed by atoms with van der Waals surface area (Å²) < 4.78 is 0. The van der Waals surface area contributed by atoms with Crippen LogP contribution in [0.3, 0.4) is 0 Å². The van der Waals surface area contributed by atoms with Crippen LogP contribution < -0.4 is 0 Å². The molecule has 0 radical (unpaired) electrons. The minimum atomic E-state index is 1.03. The Bertz CT molecular complexity index is 432. The highest BCUT2D eigenvalue weighted by atomic mass is 14.7.